The van der Waals surface area contributed by atoms with E-state index >= 15 is 0 Å². The van der Waals surface area contributed by atoms with E-state index in [2.05, 4.69) is 12.2 Å². The van der Waals surface area contributed by atoms with E-state index in [1.165, 1.54) is 10.5 Å². The average molecular weight is 479 g/mol. The van der Waals surface area contributed by atoms with Crippen LogP contribution in [0.4, 0.5) is 0 Å². The van der Waals surface area contributed by atoms with Gasteiger partial charge >= 0.3 is 0 Å². The van der Waals surface area contributed by atoms with Gasteiger partial charge in [0, 0.05) is 23.1 Å². The minimum Gasteiger partial charge on any atom is -0.484 e. The van der Waals surface area contributed by atoms with Crippen molar-refractivity contribution in [1.82, 2.24) is 10.2 Å². The van der Waals surface area contributed by atoms with Crippen LogP contribution < -0.4 is 10.1 Å². The highest BCUT2D eigenvalue weighted by Crippen LogP contribution is 2.24. The molecular formula is C25H32Cl2N2O3. The molecule has 2 rings (SSSR count). The number of amides is 2. The Labute approximate surface area is 201 Å². The topological polar surface area (TPSA) is 58.6 Å². The largest absolute Gasteiger partial charge is 0.484 e. The van der Waals surface area contributed by atoms with Crippen LogP contribution in [0.15, 0.2) is 42.5 Å². The third-order valence-corrected chi connectivity index (χ3v) is 5.71. The highest BCUT2D eigenvalue weighted by Gasteiger charge is 2.29. The standard InChI is InChI=1S/C25H32Cl2N2O3/c1-5-18-7-11-21(12-8-18)32-16-24(30)29(15-19-9-10-20(26)13-22(19)27)23(6-2)25(31)28-14-17(3)4/h7-13,17,23H,5-6,14-16H2,1-4H3,(H,28,31)/t23-/m0/s1. The second-order valence-corrected chi connectivity index (χ2v) is 8.95. The van der Waals surface area contributed by atoms with Crippen molar-refractivity contribution in [2.45, 2.75) is 53.1 Å². The highest BCUT2D eigenvalue weighted by atomic mass is 35.5. The molecular weight excluding hydrogens is 447 g/mol. The molecule has 1 N–H and O–H groups in total. The van der Waals surface area contributed by atoms with Crippen molar-refractivity contribution in [3.05, 3.63) is 63.6 Å². The van der Waals surface area contributed by atoms with Crippen LogP contribution in [0.3, 0.4) is 0 Å². The molecule has 0 spiro atoms. The quantitative estimate of drug-likeness (QED) is 0.462. The van der Waals surface area contributed by atoms with E-state index in [0.29, 0.717) is 40.2 Å². The number of nitrogens with zero attached hydrogens (tertiary/aromatic N) is 1. The van der Waals surface area contributed by atoms with Crippen LogP contribution in [0.1, 0.15) is 45.2 Å². The number of aryl methyl sites for hydroxylation is 1. The number of benzene rings is 2. The summed E-state index contributed by atoms with van der Waals surface area (Å²) in [5.41, 5.74) is 1.90. The monoisotopic (exact) mass is 478 g/mol. The van der Waals surface area contributed by atoms with Crippen molar-refractivity contribution < 1.29 is 14.3 Å². The SMILES string of the molecule is CCc1ccc(OCC(=O)N(Cc2ccc(Cl)cc2Cl)[C@@H](CC)C(=O)NCC(C)C)cc1. The summed E-state index contributed by atoms with van der Waals surface area (Å²) in [4.78, 5) is 27.6. The average Bonchev–Trinajstić information content (AvgIpc) is 2.77. The Morgan fingerprint density at radius 3 is 2.31 bits per heavy atom. The van der Waals surface area contributed by atoms with Crippen LogP contribution in [0.25, 0.3) is 0 Å². The van der Waals surface area contributed by atoms with E-state index in [-0.39, 0.29) is 25.0 Å². The lowest BCUT2D eigenvalue weighted by atomic mass is 10.1. The Morgan fingerprint density at radius 1 is 1.06 bits per heavy atom. The molecule has 0 radical (unpaired) electrons. The van der Waals surface area contributed by atoms with Gasteiger partial charge in [-0.05, 0) is 54.2 Å². The first kappa shape index (κ1) is 26.0. The van der Waals surface area contributed by atoms with E-state index in [1.54, 1.807) is 18.2 Å². The van der Waals surface area contributed by atoms with Gasteiger partial charge in [-0.1, -0.05) is 69.1 Å². The molecule has 32 heavy (non-hydrogen) atoms. The summed E-state index contributed by atoms with van der Waals surface area (Å²) in [6.07, 6.45) is 1.39. The van der Waals surface area contributed by atoms with Gasteiger partial charge in [-0.3, -0.25) is 9.59 Å². The lowest BCUT2D eigenvalue weighted by Gasteiger charge is -2.31. The maximum Gasteiger partial charge on any atom is 0.261 e. The number of carbonyl (C=O) groups excluding carboxylic acids is 2. The first-order chi connectivity index (χ1) is 15.2. The molecule has 2 aromatic carbocycles. The summed E-state index contributed by atoms with van der Waals surface area (Å²) in [5, 5.41) is 3.90. The maximum absolute atomic E-state index is 13.2. The first-order valence-electron chi connectivity index (χ1n) is 11.0. The maximum atomic E-state index is 13.2. The van der Waals surface area contributed by atoms with Gasteiger partial charge in [0.05, 0.1) is 0 Å². The Balaban J connectivity index is 2.21. The van der Waals surface area contributed by atoms with Gasteiger partial charge in [-0.2, -0.15) is 0 Å². The van der Waals surface area contributed by atoms with Crippen molar-refractivity contribution in [1.29, 1.82) is 0 Å². The van der Waals surface area contributed by atoms with Crippen LogP contribution in [-0.2, 0) is 22.6 Å². The fourth-order valence-electron chi connectivity index (χ4n) is 3.22. The summed E-state index contributed by atoms with van der Waals surface area (Å²) >= 11 is 12.4. The Bertz CT molecular complexity index is 901. The summed E-state index contributed by atoms with van der Waals surface area (Å²) in [5.74, 6) is 0.437. The zero-order chi connectivity index (χ0) is 23.7. The second-order valence-electron chi connectivity index (χ2n) is 8.11. The summed E-state index contributed by atoms with van der Waals surface area (Å²) in [7, 11) is 0. The van der Waals surface area contributed by atoms with Crippen molar-refractivity contribution in [2.75, 3.05) is 13.2 Å². The van der Waals surface area contributed by atoms with Crippen LogP contribution >= 0.6 is 23.2 Å². The van der Waals surface area contributed by atoms with E-state index in [0.717, 1.165) is 6.42 Å². The van der Waals surface area contributed by atoms with E-state index in [4.69, 9.17) is 27.9 Å². The molecule has 7 heteroatoms. The Kier molecular flexibility index (Phi) is 10.3. The molecule has 2 amide bonds. The lowest BCUT2D eigenvalue weighted by molar-refractivity contribution is -0.143. The van der Waals surface area contributed by atoms with Gasteiger partial charge in [-0.25, -0.2) is 0 Å². The molecule has 0 aliphatic heterocycles. The van der Waals surface area contributed by atoms with Crippen LogP contribution in [0.2, 0.25) is 10.0 Å². The van der Waals surface area contributed by atoms with Crippen molar-refractivity contribution in [2.24, 2.45) is 5.92 Å². The molecule has 0 aromatic heterocycles. The van der Waals surface area contributed by atoms with Crippen LogP contribution in [0.5, 0.6) is 5.75 Å². The number of carbonyl (C=O) groups is 2. The van der Waals surface area contributed by atoms with Gasteiger partial charge in [0.1, 0.15) is 11.8 Å². The molecule has 0 unspecified atom stereocenters. The Morgan fingerprint density at radius 2 is 1.75 bits per heavy atom. The second kappa shape index (κ2) is 12.7. The molecule has 174 valence electrons. The summed E-state index contributed by atoms with van der Waals surface area (Å²) in [6, 6.07) is 12.1. The number of hydrogen-bond donors (Lipinski definition) is 1. The van der Waals surface area contributed by atoms with Gasteiger partial charge < -0.3 is 15.0 Å². The van der Waals surface area contributed by atoms with Crippen LogP contribution in [-0.4, -0.2) is 35.9 Å². The third-order valence-electron chi connectivity index (χ3n) is 5.12. The molecule has 0 heterocycles. The summed E-state index contributed by atoms with van der Waals surface area (Å²) < 4.78 is 5.73. The molecule has 0 bridgehead atoms. The molecule has 0 saturated carbocycles. The van der Waals surface area contributed by atoms with Gasteiger partial charge in [0.15, 0.2) is 6.61 Å². The van der Waals surface area contributed by atoms with E-state index in [1.807, 2.05) is 45.0 Å². The zero-order valence-corrected chi connectivity index (χ0v) is 20.7. The number of rotatable bonds is 11. The fourth-order valence-corrected chi connectivity index (χ4v) is 3.69. The van der Waals surface area contributed by atoms with E-state index in [9.17, 15) is 9.59 Å². The number of hydrogen-bond acceptors (Lipinski definition) is 3. The fraction of sp³-hybridized carbons (Fsp3) is 0.440. The molecule has 0 aliphatic carbocycles. The highest BCUT2D eigenvalue weighted by molar-refractivity contribution is 6.35. The summed E-state index contributed by atoms with van der Waals surface area (Å²) in [6.45, 7) is 8.55. The van der Waals surface area contributed by atoms with Crippen molar-refractivity contribution in [3.8, 4) is 5.75 Å². The van der Waals surface area contributed by atoms with Gasteiger partial charge in [0.2, 0.25) is 5.91 Å². The Hall–Kier alpha value is -2.24. The van der Waals surface area contributed by atoms with Gasteiger partial charge in [-0.15, -0.1) is 0 Å². The zero-order valence-electron chi connectivity index (χ0n) is 19.2. The van der Waals surface area contributed by atoms with E-state index < -0.39 is 6.04 Å². The first-order valence-corrected chi connectivity index (χ1v) is 11.7. The molecule has 2 aromatic rings. The van der Waals surface area contributed by atoms with Crippen LogP contribution in [0, 0.1) is 5.92 Å². The predicted octanol–water partition coefficient (Wildman–Crippen LogP) is 5.51. The number of halogens is 2. The number of nitrogens with one attached hydrogen (secondary N) is 1. The predicted molar refractivity (Wildman–Crippen MR) is 130 cm³/mol. The normalized spacial score (nSPS) is 11.8. The smallest absolute Gasteiger partial charge is 0.261 e. The van der Waals surface area contributed by atoms with Gasteiger partial charge in [0.25, 0.3) is 5.91 Å². The molecule has 0 fully saturated rings. The van der Waals surface area contributed by atoms with Crippen molar-refractivity contribution >= 4 is 35.0 Å². The lowest BCUT2D eigenvalue weighted by Crippen LogP contribution is -2.50. The third kappa shape index (κ3) is 7.72. The minimum absolute atomic E-state index is 0.176. The minimum atomic E-state index is -0.640. The molecule has 0 saturated heterocycles. The molecule has 0 aliphatic rings. The number of ether oxygens (including phenoxy) is 1. The molecule has 5 nitrogen and oxygen atoms in total. The van der Waals surface area contributed by atoms with Crippen molar-refractivity contribution in [3.63, 3.8) is 0 Å². The molecule has 1 atom stereocenters.